The summed E-state index contributed by atoms with van der Waals surface area (Å²) >= 11 is 1.42. The molecule has 0 radical (unpaired) electrons. The van der Waals surface area contributed by atoms with Crippen LogP contribution in [0.1, 0.15) is 20.1 Å². The molecule has 2 N–H and O–H groups in total. The van der Waals surface area contributed by atoms with Crippen LogP contribution >= 0.6 is 23.7 Å². The quantitative estimate of drug-likeness (QED) is 0.774. The Bertz CT molecular complexity index is 298. The van der Waals surface area contributed by atoms with Crippen LogP contribution in [0, 0.1) is 6.92 Å². The third-order valence-corrected chi connectivity index (χ3v) is 2.70. The van der Waals surface area contributed by atoms with Gasteiger partial charge in [-0.1, -0.05) is 0 Å². The maximum Gasteiger partial charge on any atom is 0.348 e. The van der Waals surface area contributed by atoms with E-state index in [1.54, 1.807) is 6.07 Å². The van der Waals surface area contributed by atoms with Crippen molar-refractivity contribution in [1.29, 1.82) is 0 Å². The van der Waals surface area contributed by atoms with E-state index in [1.165, 1.54) is 18.4 Å². The van der Waals surface area contributed by atoms with Crippen molar-refractivity contribution >= 4 is 29.7 Å². The third kappa shape index (κ3) is 2.69. The molecule has 0 spiro atoms. The predicted molar refractivity (Wildman–Crippen MR) is 55.5 cm³/mol. The maximum atomic E-state index is 11.0. The van der Waals surface area contributed by atoms with E-state index in [0.717, 1.165) is 10.4 Å². The fourth-order valence-electron chi connectivity index (χ4n) is 0.924. The van der Waals surface area contributed by atoms with Crippen LogP contribution in [-0.4, -0.2) is 13.1 Å². The van der Waals surface area contributed by atoms with Gasteiger partial charge in [-0.15, -0.1) is 23.7 Å². The second kappa shape index (κ2) is 5.21. The van der Waals surface area contributed by atoms with Crippen molar-refractivity contribution < 1.29 is 9.53 Å². The summed E-state index contributed by atoms with van der Waals surface area (Å²) in [5.74, 6) is -0.289. The Morgan fingerprint density at radius 1 is 1.69 bits per heavy atom. The van der Waals surface area contributed by atoms with Crippen molar-refractivity contribution in [2.45, 2.75) is 13.5 Å². The zero-order valence-electron chi connectivity index (χ0n) is 7.49. The van der Waals surface area contributed by atoms with E-state index >= 15 is 0 Å². The van der Waals surface area contributed by atoms with E-state index in [-0.39, 0.29) is 18.4 Å². The van der Waals surface area contributed by atoms with Crippen LogP contribution in [0.5, 0.6) is 0 Å². The fraction of sp³-hybridized carbons (Fsp3) is 0.375. The zero-order valence-corrected chi connectivity index (χ0v) is 9.13. The van der Waals surface area contributed by atoms with E-state index in [0.29, 0.717) is 11.4 Å². The standard InChI is InChI=1S/C8H11NO2S.ClH/c1-5-6(4-9)3-7(12-5)8(10)11-2;/h3H,4,9H2,1-2H3;1H. The number of ether oxygens (including phenoxy) is 1. The first-order valence-electron chi connectivity index (χ1n) is 3.56. The molecule has 0 bridgehead atoms. The van der Waals surface area contributed by atoms with E-state index in [4.69, 9.17) is 5.73 Å². The zero-order chi connectivity index (χ0) is 9.14. The SMILES string of the molecule is COC(=O)c1cc(CN)c(C)s1.Cl. The third-order valence-electron chi connectivity index (χ3n) is 1.63. The van der Waals surface area contributed by atoms with Gasteiger partial charge < -0.3 is 10.5 Å². The maximum absolute atomic E-state index is 11.0. The van der Waals surface area contributed by atoms with Gasteiger partial charge in [0.15, 0.2) is 0 Å². The second-order valence-electron chi connectivity index (χ2n) is 2.39. The molecule has 0 unspecified atom stereocenters. The predicted octanol–water partition coefficient (Wildman–Crippen LogP) is 1.72. The lowest BCUT2D eigenvalue weighted by atomic mass is 10.2. The van der Waals surface area contributed by atoms with Gasteiger partial charge in [0.2, 0.25) is 0 Å². The normalized spacial score (nSPS) is 9.15. The number of halogens is 1. The molecule has 0 aliphatic heterocycles. The summed E-state index contributed by atoms with van der Waals surface area (Å²) in [4.78, 5) is 12.7. The molecule has 13 heavy (non-hydrogen) atoms. The van der Waals surface area contributed by atoms with Crippen LogP contribution in [0.3, 0.4) is 0 Å². The summed E-state index contributed by atoms with van der Waals surface area (Å²) in [6, 6.07) is 1.78. The largest absolute Gasteiger partial charge is 0.465 e. The average molecular weight is 222 g/mol. The van der Waals surface area contributed by atoms with Gasteiger partial charge in [-0.3, -0.25) is 0 Å². The molecule has 3 nitrogen and oxygen atoms in total. The Kier molecular flexibility index (Phi) is 4.98. The van der Waals surface area contributed by atoms with Gasteiger partial charge in [0.05, 0.1) is 7.11 Å². The molecule has 0 saturated carbocycles. The molecule has 74 valence electrons. The van der Waals surface area contributed by atoms with Crippen molar-refractivity contribution in [3.8, 4) is 0 Å². The summed E-state index contributed by atoms with van der Waals surface area (Å²) in [5.41, 5.74) is 6.47. The van der Waals surface area contributed by atoms with Crippen LogP contribution in [0.15, 0.2) is 6.07 Å². The number of esters is 1. The van der Waals surface area contributed by atoms with Gasteiger partial charge in [-0.05, 0) is 18.6 Å². The highest BCUT2D eigenvalue weighted by Gasteiger charge is 2.10. The van der Waals surface area contributed by atoms with E-state index in [9.17, 15) is 4.79 Å². The number of aryl methyl sites for hydroxylation is 1. The van der Waals surface area contributed by atoms with Crippen LogP contribution in [0.2, 0.25) is 0 Å². The molecule has 0 aliphatic rings. The molecule has 0 amide bonds. The minimum absolute atomic E-state index is 0. The number of hydrogen-bond donors (Lipinski definition) is 1. The Morgan fingerprint density at radius 2 is 2.31 bits per heavy atom. The van der Waals surface area contributed by atoms with Gasteiger partial charge in [-0.2, -0.15) is 0 Å². The second-order valence-corrected chi connectivity index (χ2v) is 3.64. The number of thiophene rings is 1. The smallest absolute Gasteiger partial charge is 0.348 e. The first kappa shape index (κ1) is 12.4. The number of hydrogen-bond acceptors (Lipinski definition) is 4. The molecule has 1 aromatic rings. The lowest BCUT2D eigenvalue weighted by Crippen LogP contribution is -1.98. The molecular weight excluding hydrogens is 210 g/mol. The number of rotatable bonds is 2. The van der Waals surface area contributed by atoms with Gasteiger partial charge in [0.1, 0.15) is 4.88 Å². The van der Waals surface area contributed by atoms with E-state index in [1.807, 2.05) is 6.92 Å². The van der Waals surface area contributed by atoms with Crippen LogP contribution in [0.4, 0.5) is 0 Å². The molecule has 1 heterocycles. The first-order valence-corrected chi connectivity index (χ1v) is 4.38. The highest BCUT2D eigenvalue weighted by atomic mass is 35.5. The molecule has 0 aromatic carbocycles. The molecule has 1 aromatic heterocycles. The van der Waals surface area contributed by atoms with Crippen molar-refractivity contribution in [2.75, 3.05) is 7.11 Å². The van der Waals surface area contributed by atoms with Gasteiger partial charge >= 0.3 is 5.97 Å². The Morgan fingerprint density at radius 3 is 2.69 bits per heavy atom. The minimum Gasteiger partial charge on any atom is -0.465 e. The topological polar surface area (TPSA) is 52.3 Å². The highest BCUT2D eigenvalue weighted by molar-refractivity contribution is 7.14. The lowest BCUT2D eigenvalue weighted by molar-refractivity contribution is 0.0606. The van der Waals surface area contributed by atoms with Crippen LogP contribution in [-0.2, 0) is 11.3 Å². The fourth-order valence-corrected chi connectivity index (χ4v) is 1.89. The first-order chi connectivity index (χ1) is 5.69. The van der Waals surface area contributed by atoms with Crippen LogP contribution < -0.4 is 5.73 Å². The van der Waals surface area contributed by atoms with E-state index in [2.05, 4.69) is 4.74 Å². The molecule has 0 saturated heterocycles. The van der Waals surface area contributed by atoms with E-state index < -0.39 is 0 Å². The number of carbonyl (C=O) groups excluding carboxylic acids is 1. The molecule has 0 atom stereocenters. The summed E-state index contributed by atoms with van der Waals surface area (Å²) < 4.78 is 4.58. The van der Waals surface area contributed by atoms with Crippen molar-refractivity contribution in [1.82, 2.24) is 0 Å². The monoisotopic (exact) mass is 221 g/mol. The molecule has 0 aliphatic carbocycles. The summed E-state index contributed by atoms with van der Waals surface area (Å²) in [5, 5.41) is 0. The molecular formula is C8H12ClNO2S. The number of methoxy groups -OCH3 is 1. The van der Waals surface area contributed by atoms with Crippen molar-refractivity contribution in [3.63, 3.8) is 0 Å². The van der Waals surface area contributed by atoms with Gasteiger partial charge in [-0.25, -0.2) is 4.79 Å². The molecule has 5 heteroatoms. The minimum atomic E-state index is -0.289. The van der Waals surface area contributed by atoms with Crippen molar-refractivity contribution in [3.05, 3.63) is 21.4 Å². The Hall–Kier alpha value is -0.580. The number of carbonyl (C=O) groups is 1. The summed E-state index contributed by atoms with van der Waals surface area (Å²) in [6.45, 7) is 2.42. The summed E-state index contributed by atoms with van der Waals surface area (Å²) in [6.07, 6.45) is 0. The van der Waals surface area contributed by atoms with Crippen LogP contribution in [0.25, 0.3) is 0 Å². The molecule has 0 fully saturated rings. The Balaban J connectivity index is 0.00000144. The number of nitrogens with two attached hydrogens (primary N) is 1. The van der Waals surface area contributed by atoms with Gasteiger partial charge in [0.25, 0.3) is 0 Å². The average Bonchev–Trinajstić information content (AvgIpc) is 2.45. The lowest BCUT2D eigenvalue weighted by Gasteiger charge is -1.91. The summed E-state index contributed by atoms with van der Waals surface area (Å²) in [7, 11) is 1.37. The van der Waals surface area contributed by atoms with Crippen molar-refractivity contribution in [2.24, 2.45) is 5.73 Å². The Labute approximate surface area is 87.3 Å². The van der Waals surface area contributed by atoms with Gasteiger partial charge in [0, 0.05) is 11.4 Å². The molecule has 1 rings (SSSR count). The highest BCUT2D eigenvalue weighted by Crippen LogP contribution is 2.21.